The summed E-state index contributed by atoms with van der Waals surface area (Å²) in [6, 6.07) is 0. The minimum Gasteiger partial charge on any atom is -0.462 e. The van der Waals surface area contributed by atoms with Gasteiger partial charge in [0.2, 0.25) is 0 Å². The van der Waals surface area contributed by atoms with Crippen LogP contribution in [0.15, 0.2) is 0 Å². The van der Waals surface area contributed by atoms with E-state index in [-0.39, 0.29) is 47.3 Å². The number of hydrogen-bond acceptors (Lipinski definition) is 4. The largest absolute Gasteiger partial charge is 0.462 e. The number of carbonyl (C=O) groups is 2. The summed E-state index contributed by atoms with van der Waals surface area (Å²) in [7, 11) is 0. The van der Waals surface area contributed by atoms with Gasteiger partial charge < -0.3 is 9.47 Å². The van der Waals surface area contributed by atoms with Crippen molar-refractivity contribution >= 4 is 11.9 Å². The zero-order chi connectivity index (χ0) is 20.5. The molecular weight excluding hydrogens is 364 g/mol. The molecule has 0 amide bonds. The molecule has 4 heteroatoms. The van der Waals surface area contributed by atoms with Crippen molar-refractivity contribution in [1.82, 2.24) is 0 Å². The molecule has 6 saturated carbocycles. The van der Waals surface area contributed by atoms with E-state index in [0.717, 1.165) is 37.5 Å². The molecule has 0 spiro atoms. The summed E-state index contributed by atoms with van der Waals surface area (Å²) in [5, 5.41) is 0. The third kappa shape index (κ3) is 2.98. The lowest BCUT2D eigenvalue weighted by atomic mass is 9.70. The van der Waals surface area contributed by atoms with E-state index in [4.69, 9.17) is 9.47 Å². The molecule has 0 saturated heterocycles. The number of fused-ring (bicyclic) bond motifs is 2. The molecule has 4 nitrogen and oxygen atoms in total. The molecule has 6 bridgehead atoms. The van der Waals surface area contributed by atoms with Gasteiger partial charge in [0.1, 0.15) is 11.7 Å². The Balaban J connectivity index is 1.27. The van der Waals surface area contributed by atoms with E-state index in [0.29, 0.717) is 17.8 Å². The van der Waals surface area contributed by atoms with Crippen molar-refractivity contribution in [1.29, 1.82) is 0 Å². The standard InChI is InChI=1S/C25H38O4/c1-5-25(18-7-15-6-17(12-18)21(25)10-15)29-24(27)20-9-16-8-19(20)22(11-16)28-23(26)14(4)13(2)3/h13-22H,5-12H2,1-4H3. The lowest BCUT2D eigenvalue weighted by molar-refractivity contribution is -0.185. The predicted molar refractivity (Wildman–Crippen MR) is 110 cm³/mol. The molecular formula is C25H38O4. The minimum atomic E-state index is -0.199. The second-order valence-corrected chi connectivity index (χ2v) is 11.5. The van der Waals surface area contributed by atoms with Gasteiger partial charge in [-0.1, -0.05) is 27.7 Å². The third-order valence-corrected chi connectivity index (χ3v) is 9.85. The lowest BCUT2D eigenvalue weighted by Gasteiger charge is -2.44. The maximum Gasteiger partial charge on any atom is 0.309 e. The number of carbonyl (C=O) groups excluding carboxylic acids is 2. The highest BCUT2D eigenvalue weighted by atomic mass is 16.6. The molecule has 0 aliphatic heterocycles. The van der Waals surface area contributed by atoms with Gasteiger partial charge in [-0.15, -0.1) is 0 Å². The average molecular weight is 403 g/mol. The highest BCUT2D eigenvalue weighted by molar-refractivity contribution is 5.75. The van der Waals surface area contributed by atoms with Gasteiger partial charge >= 0.3 is 11.9 Å². The first-order valence-corrected chi connectivity index (χ1v) is 12.3. The van der Waals surface area contributed by atoms with Crippen molar-refractivity contribution in [2.75, 3.05) is 0 Å². The van der Waals surface area contributed by atoms with Crippen LogP contribution in [0.4, 0.5) is 0 Å². The predicted octanol–water partition coefficient (Wildman–Crippen LogP) is 4.99. The van der Waals surface area contributed by atoms with E-state index in [9.17, 15) is 9.59 Å². The van der Waals surface area contributed by atoms with Crippen molar-refractivity contribution in [3.63, 3.8) is 0 Å². The van der Waals surface area contributed by atoms with E-state index < -0.39 is 0 Å². The lowest BCUT2D eigenvalue weighted by Crippen LogP contribution is -2.49. The normalized spacial score (nSPS) is 47.8. The van der Waals surface area contributed by atoms with Crippen molar-refractivity contribution in [3.8, 4) is 0 Å². The summed E-state index contributed by atoms with van der Waals surface area (Å²) in [4.78, 5) is 25.9. The van der Waals surface area contributed by atoms with Crippen LogP contribution in [0.3, 0.4) is 0 Å². The summed E-state index contributed by atoms with van der Waals surface area (Å²) >= 11 is 0. The van der Waals surface area contributed by atoms with Gasteiger partial charge in [-0.25, -0.2) is 0 Å². The Morgan fingerprint density at radius 2 is 1.72 bits per heavy atom. The van der Waals surface area contributed by atoms with Crippen LogP contribution in [0.1, 0.15) is 79.1 Å². The molecule has 6 aliphatic rings. The molecule has 6 rings (SSSR count). The highest BCUT2D eigenvalue weighted by Gasteiger charge is 2.64. The monoisotopic (exact) mass is 402 g/mol. The van der Waals surface area contributed by atoms with Crippen LogP contribution in [0.2, 0.25) is 0 Å². The summed E-state index contributed by atoms with van der Waals surface area (Å²) in [5.41, 5.74) is -0.199. The van der Waals surface area contributed by atoms with Gasteiger partial charge in [-0.05, 0) is 81.0 Å². The number of ether oxygens (including phenoxy) is 2. The van der Waals surface area contributed by atoms with Crippen LogP contribution in [0.5, 0.6) is 0 Å². The quantitative estimate of drug-likeness (QED) is 0.587. The SMILES string of the molecule is CCC1(OC(=O)C2CC3CC(OC(=O)C(C)C(C)C)C2C3)C2CC3CC(C2)C1C3. The van der Waals surface area contributed by atoms with Gasteiger partial charge in [0, 0.05) is 11.8 Å². The molecule has 0 heterocycles. The molecule has 10 unspecified atom stereocenters. The van der Waals surface area contributed by atoms with Crippen LogP contribution >= 0.6 is 0 Å². The topological polar surface area (TPSA) is 52.6 Å². The van der Waals surface area contributed by atoms with Crippen molar-refractivity contribution < 1.29 is 19.1 Å². The van der Waals surface area contributed by atoms with Gasteiger partial charge in [-0.3, -0.25) is 9.59 Å². The Morgan fingerprint density at radius 1 is 0.966 bits per heavy atom. The van der Waals surface area contributed by atoms with Crippen LogP contribution in [-0.4, -0.2) is 23.6 Å². The Bertz CT molecular complexity index is 682. The number of rotatable bonds is 6. The Hall–Kier alpha value is -1.06. The van der Waals surface area contributed by atoms with E-state index in [1.165, 1.54) is 25.7 Å². The van der Waals surface area contributed by atoms with E-state index in [2.05, 4.69) is 20.8 Å². The number of esters is 2. The van der Waals surface area contributed by atoms with Gasteiger partial charge in [-0.2, -0.15) is 0 Å². The highest BCUT2D eigenvalue weighted by Crippen LogP contribution is 2.65. The van der Waals surface area contributed by atoms with E-state index >= 15 is 0 Å². The Morgan fingerprint density at radius 3 is 2.38 bits per heavy atom. The van der Waals surface area contributed by atoms with Crippen LogP contribution in [0, 0.1) is 53.3 Å². The fraction of sp³-hybridized carbons (Fsp3) is 0.920. The van der Waals surface area contributed by atoms with Gasteiger partial charge in [0.25, 0.3) is 0 Å². The summed E-state index contributed by atoms with van der Waals surface area (Å²) in [5.74, 6) is 3.57. The van der Waals surface area contributed by atoms with Crippen molar-refractivity contribution in [3.05, 3.63) is 0 Å². The third-order valence-electron chi connectivity index (χ3n) is 9.85. The maximum atomic E-state index is 13.4. The summed E-state index contributed by atoms with van der Waals surface area (Å²) in [6.07, 6.45) is 8.91. The Labute approximate surface area is 175 Å². The first-order valence-electron chi connectivity index (χ1n) is 12.3. The summed E-state index contributed by atoms with van der Waals surface area (Å²) < 4.78 is 12.4. The second-order valence-electron chi connectivity index (χ2n) is 11.5. The smallest absolute Gasteiger partial charge is 0.309 e. The molecule has 0 radical (unpaired) electrons. The molecule has 0 aromatic carbocycles. The molecule has 6 aliphatic carbocycles. The fourth-order valence-electron chi connectivity index (χ4n) is 8.12. The molecule has 0 aromatic rings. The Kier molecular flexibility index (Phi) is 4.79. The summed E-state index contributed by atoms with van der Waals surface area (Å²) in [6.45, 7) is 8.28. The van der Waals surface area contributed by atoms with Gasteiger partial charge in [0.05, 0.1) is 11.8 Å². The minimum absolute atomic E-state index is 0.0213. The van der Waals surface area contributed by atoms with Crippen LogP contribution in [-0.2, 0) is 19.1 Å². The van der Waals surface area contributed by atoms with Crippen LogP contribution in [0.25, 0.3) is 0 Å². The number of hydrogen-bond donors (Lipinski definition) is 0. The fourth-order valence-corrected chi connectivity index (χ4v) is 8.12. The zero-order valence-electron chi connectivity index (χ0n) is 18.6. The molecule has 0 aromatic heterocycles. The van der Waals surface area contributed by atoms with Gasteiger partial charge in [0.15, 0.2) is 0 Å². The van der Waals surface area contributed by atoms with E-state index in [1.54, 1.807) is 0 Å². The average Bonchev–Trinajstić information content (AvgIpc) is 3.40. The molecule has 29 heavy (non-hydrogen) atoms. The molecule has 6 fully saturated rings. The zero-order valence-corrected chi connectivity index (χ0v) is 18.6. The maximum absolute atomic E-state index is 13.4. The second kappa shape index (κ2) is 6.99. The van der Waals surface area contributed by atoms with Crippen molar-refractivity contribution in [2.24, 2.45) is 53.3 Å². The van der Waals surface area contributed by atoms with E-state index in [1.807, 2.05) is 6.92 Å². The first kappa shape index (κ1) is 19.9. The molecule has 0 N–H and O–H groups in total. The molecule has 10 atom stereocenters. The first-order chi connectivity index (χ1) is 13.8. The van der Waals surface area contributed by atoms with Crippen molar-refractivity contribution in [2.45, 2.75) is 90.8 Å². The molecule has 162 valence electrons. The van der Waals surface area contributed by atoms with Crippen LogP contribution < -0.4 is 0 Å².